The van der Waals surface area contributed by atoms with E-state index in [0.717, 1.165) is 135 Å². The van der Waals surface area contributed by atoms with Crippen molar-refractivity contribution in [1.29, 1.82) is 0 Å². The number of carbonyl (C=O) groups excluding carboxylic acids is 2. The van der Waals surface area contributed by atoms with Crippen LogP contribution in [0.3, 0.4) is 0 Å². The Kier molecular flexibility index (Phi) is 55.9. The number of rotatable bonds is 58. The molecule has 2 N–H and O–H groups in total. The maximum atomic E-state index is 13.6. The van der Waals surface area contributed by atoms with E-state index < -0.39 is 20.0 Å². The molecule has 0 saturated heterocycles. The first-order valence-electron chi connectivity index (χ1n) is 32.6. The number of phosphoric ester groups is 1. The molecule has 79 heavy (non-hydrogen) atoms. The molecule has 0 radical (unpaired) electrons. The van der Waals surface area contributed by atoms with Crippen LogP contribution in [-0.4, -0.2) is 74.3 Å². The minimum atomic E-state index is -4.46. The van der Waals surface area contributed by atoms with Gasteiger partial charge in [0, 0.05) is 12.8 Å². The van der Waals surface area contributed by atoms with Crippen LogP contribution in [0.5, 0.6) is 0 Å². The van der Waals surface area contributed by atoms with Crippen molar-refractivity contribution < 1.29 is 37.3 Å². The minimum absolute atomic E-state index is 0.0329. The van der Waals surface area contributed by atoms with Gasteiger partial charge in [-0.2, -0.15) is 0 Å². The van der Waals surface area contributed by atoms with E-state index in [-0.39, 0.29) is 31.5 Å². The normalized spacial score (nSPS) is 14.3. The van der Waals surface area contributed by atoms with Crippen LogP contribution >= 0.6 is 7.82 Å². The Morgan fingerprint density at radius 2 is 0.810 bits per heavy atom. The Labute approximate surface area is 488 Å². The van der Waals surface area contributed by atoms with Crippen molar-refractivity contribution >= 4 is 19.7 Å². The Balaban J connectivity index is 5.18. The molecule has 0 saturated carbocycles. The number of quaternary nitrogens is 1. The van der Waals surface area contributed by atoms with Crippen LogP contribution in [0.25, 0.3) is 0 Å². The molecule has 10 heteroatoms. The zero-order valence-electron chi connectivity index (χ0n) is 52.1. The molecule has 9 nitrogen and oxygen atoms in total. The first-order chi connectivity index (χ1) is 38.4. The first kappa shape index (κ1) is 75.9. The van der Waals surface area contributed by atoms with Crippen molar-refractivity contribution in [2.24, 2.45) is 0 Å². The lowest BCUT2D eigenvalue weighted by atomic mass is 10.1. The summed E-state index contributed by atoms with van der Waals surface area (Å²) < 4.78 is 30.7. The largest absolute Gasteiger partial charge is 0.472 e. The van der Waals surface area contributed by atoms with Crippen molar-refractivity contribution in [1.82, 2.24) is 5.32 Å². The molecular formula is C69H124N2O7P+. The van der Waals surface area contributed by atoms with Gasteiger partial charge in [0.2, 0.25) is 5.91 Å². The third-order valence-corrected chi connectivity index (χ3v) is 15.0. The highest BCUT2D eigenvalue weighted by atomic mass is 31.2. The summed E-state index contributed by atoms with van der Waals surface area (Å²) in [6, 6.07) is -0.862. The third kappa shape index (κ3) is 59.4. The number of amides is 1. The van der Waals surface area contributed by atoms with Crippen LogP contribution < -0.4 is 5.32 Å². The fraction of sp³-hybridized carbons (Fsp3) is 0.739. The number of hydrogen-bond acceptors (Lipinski definition) is 6. The molecule has 0 aliphatic rings. The van der Waals surface area contributed by atoms with Gasteiger partial charge in [-0.05, 0) is 109 Å². The summed E-state index contributed by atoms with van der Waals surface area (Å²) in [6.45, 7) is 6.88. The average Bonchev–Trinajstić information content (AvgIpc) is 3.41. The second kappa shape index (κ2) is 58.1. The van der Waals surface area contributed by atoms with Gasteiger partial charge in [0.25, 0.3) is 0 Å². The van der Waals surface area contributed by atoms with E-state index in [1.807, 2.05) is 33.3 Å². The average molecular weight is 1120 g/mol. The highest BCUT2D eigenvalue weighted by Crippen LogP contribution is 2.43. The van der Waals surface area contributed by atoms with Crippen molar-refractivity contribution in [2.75, 3.05) is 40.9 Å². The van der Waals surface area contributed by atoms with Gasteiger partial charge in [-0.25, -0.2) is 4.57 Å². The maximum absolute atomic E-state index is 13.6. The number of nitrogens with one attached hydrogen (secondary N) is 1. The van der Waals surface area contributed by atoms with Gasteiger partial charge >= 0.3 is 13.8 Å². The number of likely N-dealkylation sites (N-methyl/N-ethyl adjacent to an activating group) is 1. The number of carbonyl (C=O) groups is 2. The monoisotopic (exact) mass is 1120 g/mol. The van der Waals surface area contributed by atoms with Gasteiger partial charge in [0.15, 0.2) is 0 Å². The molecule has 0 aliphatic carbocycles. The van der Waals surface area contributed by atoms with Gasteiger partial charge in [-0.1, -0.05) is 253 Å². The fourth-order valence-electron chi connectivity index (χ4n) is 9.00. The van der Waals surface area contributed by atoms with Crippen molar-refractivity contribution in [3.05, 3.63) is 97.2 Å². The summed E-state index contributed by atoms with van der Waals surface area (Å²) in [5.41, 5.74) is 0. The molecule has 0 heterocycles. The van der Waals surface area contributed by atoms with E-state index >= 15 is 0 Å². The predicted octanol–water partition coefficient (Wildman–Crippen LogP) is 20.3. The smallest absolute Gasteiger partial charge is 0.456 e. The lowest BCUT2D eigenvalue weighted by Crippen LogP contribution is -2.47. The lowest BCUT2D eigenvalue weighted by Gasteiger charge is -2.27. The van der Waals surface area contributed by atoms with Gasteiger partial charge in [0.05, 0.1) is 33.8 Å². The number of nitrogens with zero attached hydrogens (tertiary/aromatic N) is 1. The molecule has 0 fully saturated rings. The first-order valence-corrected chi connectivity index (χ1v) is 34.1. The maximum Gasteiger partial charge on any atom is 0.472 e. The molecule has 0 aromatic heterocycles. The molecule has 3 unspecified atom stereocenters. The summed E-state index contributed by atoms with van der Waals surface area (Å²) in [7, 11) is 1.48. The quantitative estimate of drug-likeness (QED) is 0.0205. The zero-order chi connectivity index (χ0) is 57.9. The number of hydrogen-bond donors (Lipinski definition) is 2. The van der Waals surface area contributed by atoms with Crippen LogP contribution in [0.1, 0.15) is 278 Å². The number of esters is 1. The third-order valence-electron chi connectivity index (χ3n) is 14.0. The topological polar surface area (TPSA) is 111 Å². The van der Waals surface area contributed by atoms with E-state index in [4.69, 9.17) is 13.8 Å². The van der Waals surface area contributed by atoms with Crippen LogP contribution in [0.2, 0.25) is 0 Å². The Bertz CT molecular complexity index is 1670. The Hall–Kier alpha value is -3.07. The van der Waals surface area contributed by atoms with Crippen LogP contribution in [-0.2, 0) is 27.9 Å². The fourth-order valence-corrected chi connectivity index (χ4v) is 9.73. The molecule has 0 spiro atoms. The molecule has 1 amide bonds. The van der Waals surface area contributed by atoms with Gasteiger partial charge < -0.3 is 19.4 Å². The predicted molar refractivity (Wildman–Crippen MR) is 341 cm³/mol. The summed E-state index contributed by atoms with van der Waals surface area (Å²) in [6.07, 6.45) is 78.3. The van der Waals surface area contributed by atoms with E-state index in [1.54, 1.807) is 0 Å². The number of ether oxygens (including phenoxy) is 1. The van der Waals surface area contributed by atoms with Gasteiger partial charge in [-0.3, -0.25) is 18.6 Å². The van der Waals surface area contributed by atoms with Crippen molar-refractivity contribution in [2.45, 2.75) is 290 Å². The summed E-state index contributed by atoms with van der Waals surface area (Å²) >= 11 is 0. The Morgan fingerprint density at radius 3 is 1.23 bits per heavy atom. The number of allylic oxidation sites excluding steroid dienone is 15. The summed E-state index contributed by atoms with van der Waals surface area (Å²) in [5, 5.41) is 3.05. The molecule has 0 aromatic rings. The highest BCUT2D eigenvalue weighted by molar-refractivity contribution is 7.47. The van der Waals surface area contributed by atoms with Crippen LogP contribution in [0.15, 0.2) is 97.2 Å². The van der Waals surface area contributed by atoms with Crippen molar-refractivity contribution in [3.63, 3.8) is 0 Å². The van der Waals surface area contributed by atoms with Gasteiger partial charge in [-0.15, -0.1) is 0 Å². The molecule has 0 aliphatic heterocycles. The number of phosphoric acid groups is 1. The van der Waals surface area contributed by atoms with Gasteiger partial charge in [0.1, 0.15) is 19.3 Å². The lowest BCUT2D eigenvalue weighted by molar-refractivity contribution is -0.870. The standard InChI is InChI=1S/C69H123N2O7P/c1-7-10-13-16-19-22-25-27-29-31-32-33-34-35-36-37-38-40-42-44-47-50-53-56-59-62-69(73)78-67(60-57-54-51-48-45-24-21-18-15-12-9-3)66(65-77-79(74,75)76-64-63-71(4,5)6)70-68(72)61-58-55-52-49-46-43-41-39-30-28-26-23-20-17-14-11-8-2/h10,13,19,22,27-30,32-33,35-36,38,40,57,60,66-67H,7-9,11-12,14-18,20-21,23-26,31,34,37,39,41-56,58-59,61-65H2,1-6H3,(H-,70,72,74,75)/p+1/b13-10-,22-19-,29-27-,30-28+,33-32-,36-35-,40-38-,60-57-. The second-order valence-corrected chi connectivity index (χ2v) is 24.4. The zero-order valence-corrected chi connectivity index (χ0v) is 53.0. The summed E-state index contributed by atoms with van der Waals surface area (Å²) in [5.74, 6) is -0.528. The van der Waals surface area contributed by atoms with E-state index in [0.29, 0.717) is 17.4 Å². The molecule has 3 atom stereocenters. The highest BCUT2D eigenvalue weighted by Gasteiger charge is 2.30. The van der Waals surface area contributed by atoms with Crippen molar-refractivity contribution in [3.8, 4) is 0 Å². The van der Waals surface area contributed by atoms with E-state index in [9.17, 15) is 19.0 Å². The molecule has 0 rings (SSSR count). The minimum Gasteiger partial charge on any atom is -0.456 e. The molecule has 456 valence electrons. The number of unbranched alkanes of at least 4 members (excludes halogenated alkanes) is 28. The van der Waals surface area contributed by atoms with Crippen LogP contribution in [0, 0.1) is 0 Å². The molecule has 0 bridgehead atoms. The van der Waals surface area contributed by atoms with E-state index in [1.165, 1.54) is 109 Å². The van der Waals surface area contributed by atoms with E-state index in [2.05, 4.69) is 111 Å². The SMILES string of the molecule is CC/C=C\C/C=C\C/C=C\C/C=C\C/C=C\C/C=C\CCCCCCCCC(=O)OC(/C=C\CCCCCCCCCCC)C(COP(=O)(O)OCC[N+](C)(C)C)NC(=O)CCCCCCCCC/C=C/CCCCCCCC. The molecule has 0 aromatic carbocycles. The Morgan fingerprint density at radius 1 is 0.456 bits per heavy atom. The van der Waals surface area contributed by atoms with Crippen LogP contribution in [0.4, 0.5) is 0 Å². The second-order valence-electron chi connectivity index (χ2n) is 22.9. The summed E-state index contributed by atoms with van der Waals surface area (Å²) in [4.78, 5) is 37.7. The molecular weight excluding hydrogens is 1000 g/mol.